The zero-order chi connectivity index (χ0) is 20.4. The lowest BCUT2D eigenvalue weighted by atomic mass is 10.2. The molecule has 4 aromatic rings. The average molecular weight is 426 g/mol. The topological polar surface area (TPSA) is 81.3 Å². The molecule has 0 aliphatic heterocycles. The largest absolute Gasteiger partial charge is 0.367 e. The van der Waals surface area contributed by atoms with Gasteiger partial charge in [0.15, 0.2) is 5.65 Å². The van der Waals surface area contributed by atoms with Gasteiger partial charge in [0.1, 0.15) is 11.6 Å². The van der Waals surface area contributed by atoms with E-state index in [0.29, 0.717) is 21.4 Å². The molecule has 9 heteroatoms. The second kappa shape index (κ2) is 8.10. The average Bonchev–Trinajstić information content (AvgIpc) is 3.01. The maximum atomic E-state index is 12.6. The quantitative estimate of drug-likeness (QED) is 0.528. The molecular formula is C20H16ClN5O2S. The molecule has 4 rings (SSSR count). The van der Waals surface area contributed by atoms with Crippen molar-refractivity contribution >= 4 is 40.6 Å². The standard InChI is InChI=1S/C20H16ClN5O2S/c1-13-7-8-14(21)11-16(13)22-18(27)12-25-20(28)26-17(23-25)9-10-19(24-26)29-15-5-3-2-4-6-15/h2-11H,12H2,1H3,(H,22,27). The number of benzene rings is 2. The number of amides is 1. The van der Waals surface area contributed by atoms with Crippen LogP contribution in [0.4, 0.5) is 5.69 Å². The Bertz CT molecular complexity index is 1250. The first-order chi connectivity index (χ1) is 14.0. The highest BCUT2D eigenvalue weighted by atomic mass is 35.5. The Kier molecular flexibility index (Phi) is 5.37. The molecule has 0 unspecified atom stereocenters. The van der Waals surface area contributed by atoms with Crippen LogP contribution in [0.25, 0.3) is 5.65 Å². The smallest absolute Gasteiger partial charge is 0.324 e. The van der Waals surface area contributed by atoms with Gasteiger partial charge in [0.05, 0.1) is 0 Å². The van der Waals surface area contributed by atoms with E-state index in [1.807, 2.05) is 43.3 Å². The van der Waals surface area contributed by atoms with Crippen LogP contribution in [0, 0.1) is 6.92 Å². The van der Waals surface area contributed by atoms with Crippen molar-refractivity contribution in [2.45, 2.75) is 23.4 Å². The van der Waals surface area contributed by atoms with Gasteiger partial charge in [-0.15, -0.1) is 5.10 Å². The van der Waals surface area contributed by atoms with Gasteiger partial charge in [-0.25, -0.2) is 9.48 Å². The van der Waals surface area contributed by atoms with Gasteiger partial charge in [-0.05, 0) is 48.9 Å². The predicted molar refractivity (Wildman–Crippen MR) is 113 cm³/mol. The van der Waals surface area contributed by atoms with Gasteiger partial charge in [-0.2, -0.15) is 9.61 Å². The number of nitrogens with one attached hydrogen (secondary N) is 1. The zero-order valence-electron chi connectivity index (χ0n) is 15.4. The molecule has 0 spiro atoms. The molecule has 2 aromatic heterocycles. The minimum Gasteiger partial charge on any atom is -0.324 e. The lowest BCUT2D eigenvalue weighted by Crippen LogP contribution is -2.29. The Labute approximate surface area is 175 Å². The summed E-state index contributed by atoms with van der Waals surface area (Å²) in [6.07, 6.45) is 0. The SMILES string of the molecule is Cc1ccc(Cl)cc1NC(=O)Cn1nc2ccc(Sc3ccccc3)nn2c1=O. The summed E-state index contributed by atoms with van der Waals surface area (Å²) in [5, 5.41) is 12.5. The first kappa shape index (κ1) is 19.2. The van der Waals surface area contributed by atoms with E-state index in [1.165, 1.54) is 16.3 Å². The fraction of sp³-hybridized carbons (Fsp3) is 0.100. The number of carbonyl (C=O) groups is 1. The van der Waals surface area contributed by atoms with Crippen LogP contribution in [0.3, 0.4) is 0 Å². The van der Waals surface area contributed by atoms with Gasteiger partial charge < -0.3 is 5.32 Å². The maximum Gasteiger partial charge on any atom is 0.367 e. The molecule has 0 aliphatic carbocycles. The van der Waals surface area contributed by atoms with Crippen LogP contribution in [-0.4, -0.2) is 25.3 Å². The fourth-order valence-corrected chi connectivity index (χ4v) is 3.68. The van der Waals surface area contributed by atoms with Crippen molar-refractivity contribution in [1.82, 2.24) is 19.4 Å². The summed E-state index contributed by atoms with van der Waals surface area (Å²) in [5.41, 5.74) is 1.36. The molecule has 7 nitrogen and oxygen atoms in total. The lowest BCUT2D eigenvalue weighted by molar-refractivity contribution is -0.117. The third kappa shape index (κ3) is 4.33. The van der Waals surface area contributed by atoms with E-state index in [1.54, 1.807) is 24.3 Å². The molecule has 0 saturated carbocycles. The van der Waals surface area contributed by atoms with Crippen molar-refractivity contribution in [3.8, 4) is 0 Å². The number of fused-ring (bicyclic) bond motifs is 1. The third-order valence-electron chi connectivity index (χ3n) is 4.15. The van der Waals surface area contributed by atoms with E-state index in [9.17, 15) is 9.59 Å². The molecule has 1 N–H and O–H groups in total. The molecule has 29 heavy (non-hydrogen) atoms. The first-order valence-electron chi connectivity index (χ1n) is 8.75. The summed E-state index contributed by atoms with van der Waals surface area (Å²) in [5.74, 6) is -0.375. The number of anilines is 1. The molecule has 2 heterocycles. The van der Waals surface area contributed by atoms with E-state index in [2.05, 4.69) is 15.5 Å². The molecule has 0 saturated heterocycles. The zero-order valence-corrected chi connectivity index (χ0v) is 16.9. The Hall–Kier alpha value is -3.10. The summed E-state index contributed by atoms with van der Waals surface area (Å²) in [6, 6.07) is 18.4. The monoisotopic (exact) mass is 425 g/mol. The number of hydrogen-bond donors (Lipinski definition) is 1. The molecule has 1 amide bonds. The fourth-order valence-electron chi connectivity index (χ4n) is 2.71. The van der Waals surface area contributed by atoms with Crippen LogP contribution in [0.5, 0.6) is 0 Å². The maximum absolute atomic E-state index is 12.6. The van der Waals surface area contributed by atoms with Crippen molar-refractivity contribution < 1.29 is 4.79 Å². The Morgan fingerprint density at radius 2 is 1.90 bits per heavy atom. The van der Waals surface area contributed by atoms with Crippen molar-refractivity contribution in [2.24, 2.45) is 0 Å². The second-order valence-electron chi connectivity index (χ2n) is 6.30. The third-order valence-corrected chi connectivity index (χ3v) is 5.32. The number of nitrogens with zero attached hydrogens (tertiary/aromatic N) is 4. The first-order valence-corrected chi connectivity index (χ1v) is 9.95. The van der Waals surface area contributed by atoms with E-state index >= 15 is 0 Å². The lowest BCUT2D eigenvalue weighted by Gasteiger charge is -2.08. The van der Waals surface area contributed by atoms with Crippen molar-refractivity contribution in [1.29, 1.82) is 0 Å². The number of carbonyl (C=O) groups excluding carboxylic acids is 1. The molecule has 0 aliphatic rings. The highest BCUT2D eigenvalue weighted by molar-refractivity contribution is 7.99. The van der Waals surface area contributed by atoms with Gasteiger partial charge in [0.25, 0.3) is 0 Å². The van der Waals surface area contributed by atoms with Crippen LogP contribution in [0.15, 0.2) is 75.4 Å². The Morgan fingerprint density at radius 1 is 1.10 bits per heavy atom. The second-order valence-corrected chi connectivity index (χ2v) is 7.83. The van der Waals surface area contributed by atoms with E-state index in [4.69, 9.17) is 11.6 Å². The van der Waals surface area contributed by atoms with Crippen molar-refractivity contribution in [3.63, 3.8) is 0 Å². The minimum absolute atomic E-state index is 0.227. The molecule has 0 bridgehead atoms. The summed E-state index contributed by atoms with van der Waals surface area (Å²) in [6.45, 7) is 1.63. The van der Waals surface area contributed by atoms with Crippen LogP contribution in [0.2, 0.25) is 5.02 Å². The minimum atomic E-state index is -0.478. The van der Waals surface area contributed by atoms with Crippen LogP contribution >= 0.6 is 23.4 Å². The highest BCUT2D eigenvalue weighted by Crippen LogP contribution is 2.25. The molecule has 0 radical (unpaired) electrons. The molecule has 0 atom stereocenters. The van der Waals surface area contributed by atoms with Gasteiger partial charge in [-0.3, -0.25) is 4.79 Å². The predicted octanol–water partition coefficient (Wildman–Crippen LogP) is 3.64. The van der Waals surface area contributed by atoms with Gasteiger partial charge in [-0.1, -0.05) is 47.6 Å². The number of aryl methyl sites for hydroxylation is 1. The summed E-state index contributed by atoms with van der Waals surface area (Å²) < 4.78 is 2.29. The van der Waals surface area contributed by atoms with E-state index in [0.717, 1.165) is 15.1 Å². The van der Waals surface area contributed by atoms with Gasteiger partial charge >= 0.3 is 5.69 Å². The van der Waals surface area contributed by atoms with E-state index in [-0.39, 0.29) is 12.5 Å². The number of halogens is 1. The van der Waals surface area contributed by atoms with Crippen LogP contribution in [-0.2, 0) is 11.3 Å². The number of hydrogen-bond acceptors (Lipinski definition) is 5. The Balaban J connectivity index is 1.55. The van der Waals surface area contributed by atoms with Gasteiger partial charge in [0.2, 0.25) is 5.91 Å². The normalized spacial score (nSPS) is 11.0. The molecular weight excluding hydrogens is 410 g/mol. The number of rotatable bonds is 5. The van der Waals surface area contributed by atoms with Gasteiger partial charge in [0, 0.05) is 15.6 Å². The van der Waals surface area contributed by atoms with Crippen molar-refractivity contribution in [2.75, 3.05) is 5.32 Å². The molecule has 0 fully saturated rings. The van der Waals surface area contributed by atoms with Crippen LogP contribution < -0.4 is 11.0 Å². The molecule has 146 valence electrons. The highest BCUT2D eigenvalue weighted by Gasteiger charge is 2.13. The summed E-state index contributed by atoms with van der Waals surface area (Å²) in [7, 11) is 0. The molecule has 2 aromatic carbocycles. The number of aromatic nitrogens is 4. The summed E-state index contributed by atoms with van der Waals surface area (Å²) in [4.78, 5) is 26.0. The van der Waals surface area contributed by atoms with E-state index < -0.39 is 5.69 Å². The van der Waals surface area contributed by atoms with Crippen LogP contribution in [0.1, 0.15) is 5.56 Å². The summed E-state index contributed by atoms with van der Waals surface area (Å²) >= 11 is 7.42. The van der Waals surface area contributed by atoms with Crippen molar-refractivity contribution in [3.05, 3.63) is 81.7 Å². The Morgan fingerprint density at radius 3 is 2.69 bits per heavy atom.